The first-order chi connectivity index (χ1) is 17.5. The van der Waals surface area contributed by atoms with Crippen LogP contribution in [0.2, 0.25) is 5.02 Å². The number of carbonyl (C=O) groups excluding carboxylic acids is 1. The van der Waals surface area contributed by atoms with Gasteiger partial charge in [-0.15, -0.1) is 0 Å². The summed E-state index contributed by atoms with van der Waals surface area (Å²) in [5.74, 6) is 0.966. The lowest BCUT2D eigenvalue weighted by molar-refractivity contribution is -0.00807. The Morgan fingerprint density at radius 1 is 1.08 bits per heavy atom. The van der Waals surface area contributed by atoms with Gasteiger partial charge < -0.3 is 19.5 Å². The van der Waals surface area contributed by atoms with Gasteiger partial charge >= 0.3 is 6.16 Å². The lowest BCUT2D eigenvalue weighted by Gasteiger charge is -2.24. The van der Waals surface area contributed by atoms with Crippen LogP contribution in [0, 0.1) is 11.3 Å². The number of hydrogen-bond acceptors (Lipinski definition) is 8. The molecule has 2 aromatic heterocycles. The van der Waals surface area contributed by atoms with Crippen LogP contribution in [0.1, 0.15) is 36.6 Å². The highest BCUT2D eigenvalue weighted by Gasteiger charge is 2.24. The Balaban J connectivity index is 1.82. The Labute approximate surface area is 213 Å². The zero-order valence-electron chi connectivity index (χ0n) is 19.6. The van der Waals surface area contributed by atoms with Crippen LogP contribution in [0.4, 0.5) is 10.6 Å². The first-order valence-corrected chi connectivity index (χ1v) is 11.5. The Morgan fingerprint density at radius 3 is 2.67 bits per heavy atom. The number of carbonyl (C=O) groups is 1. The van der Waals surface area contributed by atoms with E-state index in [4.69, 9.17) is 25.8 Å². The first-order valence-electron chi connectivity index (χ1n) is 11.2. The van der Waals surface area contributed by atoms with Crippen LogP contribution < -0.4 is 10.1 Å². The molecule has 182 valence electrons. The van der Waals surface area contributed by atoms with Crippen molar-refractivity contribution in [3.05, 3.63) is 94.8 Å². The molecule has 0 amide bonds. The Kier molecular flexibility index (Phi) is 7.83. The average Bonchev–Trinajstić information content (AvgIpc) is 2.89. The summed E-state index contributed by atoms with van der Waals surface area (Å²) >= 11 is 6.67. The number of nitriles is 1. The van der Waals surface area contributed by atoms with E-state index in [9.17, 15) is 10.1 Å². The molecule has 36 heavy (non-hydrogen) atoms. The van der Waals surface area contributed by atoms with E-state index < -0.39 is 19.0 Å². The Morgan fingerprint density at radius 2 is 1.92 bits per heavy atom. The van der Waals surface area contributed by atoms with E-state index in [2.05, 4.69) is 21.4 Å². The number of nitrogens with zero attached hydrogens (tertiary/aromatic N) is 3. The molecular weight excluding hydrogens is 480 g/mol. The van der Waals surface area contributed by atoms with Gasteiger partial charge in [-0.1, -0.05) is 29.8 Å². The minimum atomic E-state index is -0.845. The zero-order valence-corrected chi connectivity index (χ0v) is 20.4. The molecule has 1 unspecified atom stereocenters. The monoisotopic (exact) mass is 502 g/mol. The fourth-order valence-electron chi connectivity index (χ4n) is 3.65. The number of anilines is 1. The summed E-state index contributed by atoms with van der Waals surface area (Å²) in [7, 11) is 0. The van der Waals surface area contributed by atoms with Crippen molar-refractivity contribution in [3.8, 4) is 11.8 Å². The second kappa shape index (κ2) is 11.4. The van der Waals surface area contributed by atoms with Gasteiger partial charge in [0, 0.05) is 23.3 Å². The van der Waals surface area contributed by atoms with Gasteiger partial charge in [0.2, 0.25) is 6.79 Å². The number of aromatic nitrogens is 2. The fourth-order valence-corrected chi connectivity index (χ4v) is 3.92. The van der Waals surface area contributed by atoms with Gasteiger partial charge in [-0.2, -0.15) is 5.26 Å². The highest BCUT2D eigenvalue weighted by Crippen LogP contribution is 2.40. The molecule has 1 N–H and O–H groups in total. The maximum Gasteiger partial charge on any atom is 0.511 e. The standard InChI is InChI=1S/C27H23ClN4O4/c1-17(2)36-27(33)35-16-34-26-21(14-22(28)20-9-6-12-31-25(20)26)24(32-23-10-3-4-11-30-23)19-8-5-7-18(13-19)15-29/h3-14,17,24H,16H2,1-2H3,(H,30,32). The van der Waals surface area contributed by atoms with Crippen LogP contribution in [0.25, 0.3) is 10.9 Å². The summed E-state index contributed by atoms with van der Waals surface area (Å²) in [6.45, 7) is 3.04. The maximum absolute atomic E-state index is 11.9. The topological polar surface area (TPSA) is 106 Å². The second-order valence-corrected chi connectivity index (χ2v) is 8.44. The fraction of sp³-hybridized carbons (Fsp3) is 0.185. The van der Waals surface area contributed by atoms with Crippen molar-refractivity contribution in [2.75, 3.05) is 12.1 Å². The number of nitrogens with one attached hydrogen (secondary N) is 1. The lowest BCUT2D eigenvalue weighted by atomic mass is 9.95. The zero-order chi connectivity index (χ0) is 25.5. The van der Waals surface area contributed by atoms with Gasteiger partial charge in [-0.05, 0) is 61.9 Å². The molecular formula is C27H23ClN4O4. The number of rotatable bonds is 8. The SMILES string of the molecule is CC(C)OC(=O)OCOc1c(C(Nc2ccccn2)c2cccc(C#N)c2)cc(Cl)c2cccnc12. The molecule has 0 aliphatic rings. The Hall–Kier alpha value is -4.35. The van der Waals surface area contributed by atoms with E-state index in [-0.39, 0.29) is 6.10 Å². The number of ether oxygens (including phenoxy) is 3. The minimum Gasteiger partial charge on any atom is -0.455 e. The van der Waals surface area contributed by atoms with Crippen molar-refractivity contribution in [1.82, 2.24) is 9.97 Å². The molecule has 9 heteroatoms. The van der Waals surface area contributed by atoms with E-state index in [0.717, 1.165) is 5.56 Å². The molecule has 2 heterocycles. The molecule has 4 rings (SSSR count). The predicted octanol–water partition coefficient (Wildman–Crippen LogP) is 6.25. The third-order valence-electron chi connectivity index (χ3n) is 5.15. The van der Waals surface area contributed by atoms with Crippen LogP contribution in [0.3, 0.4) is 0 Å². The number of halogens is 1. The molecule has 0 aliphatic carbocycles. The van der Waals surface area contributed by atoms with E-state index in [1.807, 2.05) is 30.3 Å². The maximum atomic E-state index is 11.9. The molecule has 2 aromatic carbocycles. The van der Waals surface area contributed by atoms with Crippen molar-refractivity contribution in [1.29, 1.82) is 5.26 Å². The molecule has 4 aromatic rings. The third kappa shape index (κ3) is 5.82. The average molecular weight is 503 g/mol. The van der Waals surface area contributed by atoms with Crippen LogP contribution in [-0.4, -0.2) is 29.0 Å². The highest BCUT2D eigenvalue weighted by molar-refractivity contribution is 6.35. The smallest absolute Gasteiger partial charge is 0.455 e. The minimum absolute atomic E-state index is 0.328. The van der Waals surface area contributed by atoms with Crippen LogP contribution in [0.5, 0.6) is 5.75 Å². The van der Waals surface area contributed by atoms with Crippen molar-refractivity contribution in [2.45, 2.75) is 26.0 Å². The molecule has 0 fully saturated rings. The quantitative estimate of drug-likeness (QED) is 0.222. The van der Waals surface area contributed by atoms with E-state index in [0.29, 0.717) is 38.6 Å². The summed E-state index contributed by atoms with van der Waals surface area (Å²) in [5, 5.41) is 14.0. The highest BCUT2D eigenvalue weighted by atomic mass is 35.5. The second-order valence-electron chi connectivity index (χ2n) is 8.03. The molecule has 0 radical (unpaired) electrons. The van der Waals surface area contributed by atoms with Crippen molar-refractivity contribution in [3.63, 3.8) is 0 Å². The van der Waals surface area contributed by atoms with Crippen molar-refractivity contribution in [2.24, 2.45) is 0 Å². The molecule has 0 aliphatic heterocycles. The summed E-state index contributed by atoms with van der Waals surface area (Å²) in [6.07, 6.45) is 2.12. The molecule has 0 saturated carbocycles. The van der Waals surface area contributed by atoms with Crippen LogP contribution >= 0.6 is 11.6 Å². The van der Waals surface area contributed by atoms with Gasteiger partial charge in [-0.25, -0.2) is 9.78 Å². The van der Waals surface area contributed by atoms with Gasteiger partial charge in [-0.3, -0.25) is 4.98 Å². The first kappa shape index (κ1) is 24.8. The van der Waals surface area contributed by atoms with E-state index >= 15 is 0 Å². The number of pyridine rings is 2. The van der Waals surface area contributed by atoms with Crippen molar-refractivity contribution >= 4 is 34.5 Å². The third-order valence-corrected chi connectivity index (χ3v) is 5.47. The number of hydrogen-bond donors (Lipinski definition) is 1. The summed E-state index contributed by atoms with van der Waals surface area (Å²) in [6, 6.07) is 19.7. The summed E-state index contributed by atoms with van der Waals surface area (Å²) in [5.41, 5.74) is 2.38. The van der Waals surface area contributed by atoms with Crippen LogP contribution in [-0.2, 0) is 9.47 Å². The van der Waals surface area contributed by atoms with Gasteiger partial charge in [0.15, 0.2) is 5.75 Å². The van der Waals surface area contributed by atoms with E-state index in [1.54, 1.807) is 56.6 Å². The molecule has 0 bridgehead atoms. The Bertz CT molecular complexity index is 1410. The normalized spacial score (nSPS) is 11.5. The largest absolute Gasteiger partial charge is 0.511 e. The van der Waals surface area contributed by atoms with E-state index in [1.165, 1.54) is 0 Å². The molecule has 8 nitrogen and oxygen atoms in total. The van der Waals surface area contributed by atoms with Gasteiger partial charge in [0.1, 0.15) is 11.3 Å². The van der Waals surface area contributed by atoms with Crippen LogP contribution in [0.15, 0.2) is 73.1 Å². The lowest BCUT2D eigenvalue weighted by Crippen LogP contribution is -2.18. The van der Waals surface area contributed by atoms with Gasteiger partial charge in [0.05, 0.1) is 28.8 Å². The van der Waals surface area contributed by atoms with Gasteiger partial charge in [0.25, 0.3) is 0 Å². The molecule has 0 spiro atoms. The molecule has 1 atom stereocenters. The number of fused-ring (bicyclic) bond motifs is 1. The predicted molar refractivity (Wildman–Crippen MR) is 136 cm³/mol. The molecule has 0 saturated heterocycles. The number of benzene rings is 2. The summed E-state index contributed by atoms with van der Waals surface area (Å²) < 4.78 is 16.1. The summed E-state index contributed by atoms with van der Waals surface area (Å²) in [4.78, 5) is 20.8. The van der Waals surface area contributed by atoms with Crippen molar-refractivity contribution < 1.29 is 19.0 Å².